The van der Waals surface area contributed by atoms with E-state index in [4.69, 9.17) is 13.9 Å². The van der Waals surface area contributed by atoms with Gasteiger partial charge in [0.1, 0.15) is 22.7 Å². The summed E-state index contributed by atoms with van der Waals surface area (Å²) in [5.74, 6) is -1.27. The van der Waals surface area contributed by atoms with Gasteiger partial charge in [-0.15, -0.1) is 0 Å². The van der Waals surface area contributed by atoms with Crippen molar-refractivity contribution in [3.05, 3.63) is 81.2 Å². The van der Waals surface area contributed by atoms with Crippen LogP contribution in [0.15, 0.2) is 57.8 Å². The Bertz CT molecular complexity index is 1480. The van der Waals surface area contributed by atoms with E-state index in [0.717, 1.165) is 12.0 Å². The van der Waals surface area contributed by atoms with E-state index in [1.165, 1.54) is 12.1 Å². The van der Waals surface area contributed by atoms with Crippen LogP contribution in [0.4, 0.5) is 0 Å². The van der Waals surface area contributed by atoms with Crippen molar-refractivity contribution in [3.8, 4) is 11.5 Å². The minimum absolute atomic E-state index is 0.00851. The monoisotopic (exact) mass is 516 g/mol. The van der Waals surface area contributed by atoms with Crippen LogP contribution in [0.2, 0.25) is 0 Å². The molecule has 1 atom stereocenters. The number of fused-ring (bicyclic) bond motifs is 3. The van der Waals surface area contributed by atoms with Crippen LogP contribution in [0, 0.1) is 5.92 Å². The average molecular weight is 517 g/mol. The first-order valence-corrected chi connectivity index (χ1v) is 12.8. The molecule has 7 heteroatoms. The van der Waals surface area contributed by atoms with E-state index < -0.39 is 17.2 Å². The van der Waals surface area contributed by atoms with E-state index in [9.17, 15) is 19.5 Å². The molecule has 1 aliphatic rings. The number of aromatic hydroxyl groups is 1. The molecule has 1 aliphatic heterocycles. The van der Waals surface area contributed by atoms with Crippen molar-refractivity contribution in [2.24, 2.45) is 5.92 Å². The number of carbonyl (C=O) groups excluding carboxylic acids is 2. The van der Waals surface area contributed by atoms with Crippen molar-refractivity contribution >= 4 is 34.9 Å². The third-order valence-corrected chi connectivity index (χ3v) is 6.30. The zero-order chi connectivity index (χ0) is 27.4. The van der Waals surface area contributed by atoms with Gasteiger partial charge >= 0.3 is 11.6 Å². The molecule has 0 aliphatic carbocycles. The van der Waals surface area contributed by atoms with E-state index in [0.29, 0.717) is 22.9 Å². The molecular formula is C31H32O7. The molecule has 1 aromatic heterocycles. The first-order valence-electron chi connectivity index (χ1n) is 12.8. The highest BCUT2D eigenvalue weighted by atomic mass is 16.5. The van der Waals surface area contributed by atoms with E-state index in [1.807, 2.05) is 57.2 Å². The molecule has 0 radical (unpaired) electrons. The molecule has 0 saturated carbocycles. The Labute approximate surface area is 221 Å². The second-order valence-corrected chi connectivity index (χ2v) is 10.2. The fourth-order valence-electron chi connectivity index (χ4n) is 4.50. The number of ketones is 1. The SMILES string of the molecule is CCCc1cc(=O)oc2c3c(c(C(=O)C[C@H](C)COC(=O)C=Cc4ccccc4)c(O)c12)OC(C)(C)C=C3. The van der Waals surface area contributed by atoms with Crippen molar-refractivity contribution in [1.29, 1.82) is 0 Å². The molecule has 0 fully saturated rings. The van der Waals surface area contributed by atoms with Crippen LogP contribution in [0.1, 0.15) is 67.6 Å². The van der Waals surface area contributed by atoms with Crippen molar-refractivity contribution in [3.63, 3.8) is 0 Å². The van der Waals surface area contributed by atoms with Crippen LogP contribution < -0.4 is 10.4 Å². The molecule has 2 heterocycles. The predicted octanol–water partition coefficient (Wildman–Crippen LogP) is 6.10. The molecule has 4 rings (SSSR count). The second kappa shape index (κ2) is 11.1. The lowest BCUT2D eigenvalue weighted by Gasteiger charge is -2.30. The summed E-state index contributed by atoms with van der Waals surface area (Å²) in [6.07, 6.45) is 7.86. The highest BCUT2D eigenvalue weighted by molar-refractivity contribution is 6.10. The van der Waals surface area contributed by atoms with Crippen LogP contribution in [-0.2, 0) is 16.0 Å². The molecule has 0 unspecified atom stereocenters. The van der Waals surface area contributed by atoms with Crippen LogP contribution in [-0.4, -0.2) is 29.1 Å². The van der Waals surface area contributed by atoms with Gasteiger partial charge in [-0.05, 0) is 55.5 Å². The highest BCUT2D eigenvalue weighted by Gasteiger charge is 2.33. The van der Waals surface area contributed by atoms with Gasteiger partial charge < -0.3 is 19.0 Å². The zero-order valence-corrected chi connectivity index (χ0v) is 22.1. The lowest BCUT2D eigenvalue weighted by atomic mass is 9.90. The molecule has 0 saturated heterocycles. The predicted molar refractivity (Wildman–Crippen MR) is 146 cm³/mol. The Kier molecular flexibility index (Phi) is 7.86. The van der Waals surface area contributed by atoms with E-state index in [1.54, 1.807) is 19.1 Å². The molecule has 3 aromatic rings. The normalized spacial score (nSPS) is 14.7. The minimum atomic E-state index is -0.740. The molecule has 38 heavy (non-hydrogen) atoms. The summed E-state index contributed by atoms with van der Waals surface area (Å²) in [4.78, 5) is 38.0. The number of aryl methyl sites for hydroxylation is 1. The molecule has 0 bridgehead atoms. The number of phenolic OH excluding ortho intramolecular Hbond substituents is 1. The van der Waals surface area contributed by atoms with E-state index in [-0.39, 0.29) is 47.4 Å². The Morgan fingerprint density at radius 3 is 2.63 bits per heavy atom. The highest BCUT2D eigenvalue weighted by Crippen LogP contribution is 2.46. The topological polar surface area (TPSA) is 103 Å². The van der Waals surface area contributed by atoms with Crippen molar-refractivity contribution in [1.82, 2.24) is 0 Å². The van der Waals surface area contributed by atoms with Gasteiger partial charge in [-0.2, -0.15) is 0 Å². The lowest BCUT2D eigenvalue weighted by molar-refractivity contribution is -0.138. The van der Waals surface area contributed by atoms with Gasteiger partial charge in [-0.25, -0.2) is 9.59 Å². The average Bonchev–Trinajstić information content (AvgIpc) is 2.86. The zero-order valence-electron chi connectivity index (χ0n) is 22.1. The second-order valence-electron chi connectivity index (χ2n) is 10.2. The largest absolute Gasteiger partial charge is 0.506 e. The Morgan fingerprint density at radius 1 is 1.18 bits per heavy atom. The summed E-state index contributed by atoms with van der Waals surface area (Å²) in [6.45, 7) is 7.45. The van der Waals surface area contributed by atoms with Gasteiger partial charge in [0.15, 0.2) is 11.4 Å². The minimum Gasteiger partial charge on any atom is -0.506 e. The number of esters is 1. The summed E-state index contributed by atoms with van der Waals surface area (Å²) >= 11 is 0. The molecular weight excluding hydrogens is 484 g/mol. The lowest BCUT2D eigenvalue weighted by Crippen LogP contribution is -2.29. The number of hydrogen-bond acceptors (Lipinski definition) is 7. The quantitative estimate of drug-likeness (QED) is 0.159. The maximum Gasteiger partial charge on any atom is 0.336 e. The van der Waals surface area contributed by atoms with Gasteiger partial charge in [0.2, 0.25) is 0 Å². The number of ether oxygens (including phenoxy) is 2. The van der Waals surface area contributed by atoms with Crippen molar-refractivity contribution < 1.29 is 28.6 Å². The van der Waals surface area contributed by atoms with Crippen molar-refractivity contribution in [2.45, 2.75) is 52.6 Å². The maximum atomic E-state index is 13.6. The summed E-state index contributed by atoms with van der Waals surface area (Å²) in [7, 11) is 0. The van der Waals surface area contributed by atoms with Crippen molar-refractivity contribution in [2.75, 3.05) is 6.61 Å². The van der Waals surface area contributed by atoms with Gasteiger partial charge in [0, 0.05) is 18.6 Å². The fourth-order valence-corrected chi connectivity index (χ4v) is 4.50. The number of carbonyl (C=O) groups is 2. The summed E-state index contributed by atoms with van der Waals surface area (Å²) in [5, 5.41) is 11.7. The van der Waals surface area contributed by atoms with Crippen LogP contribution in [0.25, 0.3) is 23.1 Å². The number of rotatable bonds is 9. The number of Topliss-reactive ketones (excluding diaryl/α,β-unsaturated/α-hetero) is 1. The van der Waals surface area contributed by atoms with E-state index in [2.05, 4.69) is 0 Å². The third-order valence-electron chi connectivity index (χ3n) is 6.30. The molecule has 7 nitrogen and oxygen atoms in total. The number of phenols is 1. The standard InChI is InChI=1S/C31H32O7/c1-5-9-21-17-25(34)37-29-22-14-15-31(3,4)38-30(22)27(28(35)26(21)29)23(32)16-19(2)18-36-24(33)13-12-20-10-7-6-8-11-20/h6-8,10-15,17,19,35H,5,9,16,18H2,1-4H3/t19-/m0/s1. The molecule has 0 amide bonds. The first kappa shape index (κ1) is 26.9. The number of benzene rings is 2. The molecule has 1 N–H and O–H groups in total. The molecule has 198 valence electrons. The maximum absolute atomic E-state index is 13.6. The Hall–Kier alpha value is -4.13. The molecule has 2 aromatic carbocycles. The summed E-state index contributed by atoms with van der Waals surface area (Å²) in [5.41, 5.74) is 0.896. The van der Waals surface area contributed by atoms with Crippen LogP contribution in [0.3, 0.4) is 0 Å². The van der Waals surface area contributed by atoms with Gasteiger partial charge in [-0.3, -0.25) is 4.79 Å². The Balaban J connectivity index is 1.61. The van der Waals surface area contributed by atoms with Gasteiger partial charge in [0.25, 0.3) is 0 Å². The summed E-state index contributed by atoms with van der Waals surface area (Å²) in [6, 6.07) is 10.7. The van der Waals surface area contributed by atoms with Crippen LogP contribution in [0.5, 0.6) is 11.5 Å². The van der Waals surface area contributed by atoms with Crippen LogP contribution >= 0.6 is 0 Å². The van der Waals surface area contributed by atoms with E-state index >= 15 is 0 Å². The van der Waals surface area contributed by atoms with Gasteiger partial charge in [-0.1, -0.05) is 50.6 Å². The smallest absolute Gasteiger partial charge is 0.336 e. The molecule has 0 spiro atoms. The number of hydrogen-bond donors (Lipinski definition) is 1. The van der Waals surface area contributed by atoms with Gasteiger partial charge in [0.05, 0.1) is 17.6 Å². The third kappa shape index (κ3) is 5.88. The summed E-state index contributed by atoms with van der Waals surface area (Å²) < 4.78 is 17.0. The Morgan fingerprint density at radius 2 is 1.92 bits per heavy atom. The first-order chi connectivity index (χ1) is 18.1. The fraction of sp³-hybridized carbons (Fsp3) is 0.323.